The zero-order valence-corrected chi connectivity index (χ0v) is 18.2. The Kier molecular flexibility index (Phi) is 5.32. The van der Waals surface area contributed by atoms with Crippen LogP contribution in [0.2, 0.25) is 0 Å². The number of hydrogen-bond acceptors (Lipinski definition) is 8. The maximum absolute atomic E-state index is 6.19. The van der Waals surface area contributed by atoms with Crippen molar-refractivity contribution in [1.29, 1.82) is 0 Å². The number of nitrogen functional groups attached to an aromatic ring is 2. The van der Waals surface area contributed by atoms with Crippen molar-refractivity contribution in [3.05, 3.63) is 89.7 Å². The van der Waals surface area contributed by atoms with E-state index in [4.69, 9.17) is 16.5 Å². The monoisotopic (exact) mass is 436 g/mol. The molecule has 3 heterocycles. The average Bonchev–Trinajstić information content (AvgIpc) is 3.01. The van der Waals surface area contributed by atoms with E-state index < -0.39 is 0 Å². The minimum absolute atomic E-state index is 0.0592. The second-order valence-corrected chi connectivity index (χ2v) is 7.98. The summed E-state index contributed by atoms with van der Waals surface area (Å²) in [5.41, 5.74) is 18.7. The van der Waals surface area contributed by atoms with Gasteiger partial charge in [0.1, 0.15) is 5.69 Å². The van der Waals surface area contributed by atoms with E-state index in [1.807, 2.05) is 30.3 Å². The Morgan fingerprint density at radius 1 is 0.939 bits per heavy atom. The van der Waals surface area contributed by atoms with Crippen LogP contribution in [0, 0.1) is 6.92 Å². The molecule has 0 spiro atoms. The van der Waals surface area contributed by atoms with Gasteiger partial charge in [0.25, 0.3) is 0 Å². The molecule has 1 aliphatic rings. The van der Waals surface area contributed by atoms with Gasteiger partial charge < -0.3 is 22.1 Å². The van der Waals surface area contributed by atoms with Gasteiger partial charge in [-0.2, -0.15) is 9.97 Å². The molecule has 0 saturated carbocycles. The third-order valence-corrected chi connectivity index (χ3v) is 5.53. The van der Waals surface area contributed by atoms with Gasteiger partial charge in [0, 0.05) is 30.2 Å². The summed E-state index contributed by atoms with van der Waals surface area (Å²) in [6.07, 6.45) is 4.15. The Labute approximate surface area is 191 Å². The van der Waals surface area contributed by atoms with Crippen molar-refractivity contribution in [1.82, 2.24) is 15.0 Å². The molecule has 2 aromatic heterocycles. The lowest BCUT2D eigenvalue weighted by Crippen LogP contribution is -2.15. The maximum Gasteiger partial charge on any atom is 0.224 e. The highest BCUT2D eigenvalue weighted by Crippen LogP contribution is 2.38. The van der Waals surface area contributed by atoms with E-state index in [-0.39, 0.29) is 17.8 Å². The van der Waals surface area contributed by atoms with Gasteiger partial charge in [-0.3, -0.25) is 4.98 Å². The number of aryl methyl sites for hydroxylation is 1. The van der Waals surface area contributed by atoms with E-state index in [0.29, 0.717) is 17.9 Å². The fourth-order valence-corrected chi connectivity index (χ4v) is 3.85. The molecule has 1 aliphatic heterocycles. The number of benzene rings is 2. The van der Waals surface area contributed by atoms with E-state index in [1.54, 1.807) is 12.4 Å². The molecule has 1 atom stereocenters. The molecule has 2 aromatic carbocycles. The first-order valence-electron chi connectivity index (χ1n) is 10.7. The van der Waals surface area contributed by atoms with Gasteiger partial charge >= 0.3 is 0 Å². The van der Waals surface area contributed by atoms with Crippen LogP contribution in [0.1, 0.15) is 29.2 Å². The van der Waals surface area contributed by atoms with Crippen LogP contribution < -0.4 is 22.1 Å². The van der Waals surface area contributed by atoms with Crippen molar-refractivity contribution < 1.29 is 0 Å². The number of aliphatic imine (C=N–C) groups is 1. The van der Waals surface area contributed by atoms with E-state index in [2.05, 4.69) is 62.8 Å². The number of pyridine rings is 1. The first-order chi connectivity index (χ1) is 16.0. The number of hydrogen-bond donors (Lipinski definition) is 4. The molecule has 5 rings (SSSR count). The molecule has 164 valence electrons. The average molecular weight is 437 g/mol. The van der Waals surface area contributed by atoms with Crippen LogP contribution in [-0.2, 0) is 0 Å². The molecule has 0 radical (unpaired) electrons. The van der Waals surface area contributed by atoms with Crippen LogP contribution in [-0.4, -0.2) is 20.7 Å². The van der Waals surface area contributed by atoms with Crippen molar-refractivity contribution in [3.63, 3.8) is 0 Å². The molecule has 8 heteroatoms. The fourth-order valence-electron chi connectivity index (χ4n) is 3.85. The van der Waals surface area contributed by atoms with E-state index in [1.165, 1.54) is 5.56 Å². The lowest BCUT2D eigenvalue weighted by molar-refractivity contribution is 0.821. The number of nitrogens with zero attached hydrogens (tertiary/aromatic N) is 4. The van der Waals surface area contributed by atoms with Gasteiger partial charge in [0.15, 0.2) is 11.6 Å². The molecule has 33 heavy (non-hydrogen) atoms. The molecular weight excluding hydrogens is 412 g/mol. The lowest BCUT2D eigenvalue weighted by atomic mass is 9.96. The van der Waals surface area contributed by atoms with E-state index in [9.17, 15) is 0 Å². The highest BCUT2D eigenvalue weighted by atomic mass is 15.2. The summed E-state index contributed by atoms with van der Waals surface area (Å²) in [6, 6.07) is 20.4. The molecule has 6 N–H and O–H groups in total. The van der Waals surface area contributed by atoms with Crippen LogP contribution in [0.5, 0.6) is 0 Å². The Hall–Kier alpha value is -4.46. The third-order valence-electron chi connectivity index (χ3n) is 5.53. The van der Waals surface area contributed by atoms with Gasteiger partial charge in [-0.25, -0.2) is 4.99 Å². The van der Waals surface area contributed by atoms with Crippen molar-refractivity contribution in [2.24, 2.45) is 4.99 Å². The molecular formula is C25H24N8. The lowest BCUT2D eigenvalue weighted by Gasteiger charge is -2.19. The number of anilines is 5. The second-order valence-electron chi connectivity index (χ2n) is 7.98. The molecule has 0 bridgehead atoms. The largest absolute Gasteiger partial charge is 0.382 e. The van der Waals surface area contributed by atoms with Gasteiger partial charge in [-0.1, -0.05) is 42.0 Å². The van der Waals surface area contributed by atoms with Gasteiger partial charge in [-0.15, -0.1) is 0 Å². The Bertz CT molecular complexity index is 1320. The number of rotatable bonds is 4. The van der Waals surface area contributed by atoms with Crippen LogP contribution in [0.15, 0.2) is 78.0 Å². The molecule has 4 aromatic rings. The van der Waals surface area contributed by atoms with Crippen LogP contribution >= 0.6 is 0 Å². The van der Waals surface area contributed by atoms with E-state index >= 15 is 0 Å². The number of nitrogens with one attached hydrogen (secondary N) is 2. The van der Waals surface area contributed by atoms with Crippen molar-refractivity contribution in [3.8, 4) is 0 Å². The Morgan fingerprint density at radius 2 is 1.73 bits per heavy atom. The predicted octanol–water partition coefficient (Wildman–Crippen LogP) is 4.77. The minimum Gasteiger partial charge on any atom is -0.382 e. The summed E-state index contributed by atoms with van der Waals surface area (Å²) < 4.78 is 0. The van der Waals surface area contributed by atoms with Crippen LogP contribution in [0.3, 0.4) is 0 Å². The normalized spacial score (nSPS) is 15.1. The van der Waals surface area contributed by atoms with Crippen LogP contribution in [0.4, 0.5) is 34.6 Å². The van der Waals surface area contributed by atoms with Gasteiger partial charge in [-0.05, 0) is 42.3 Å². The molecule has 8 nitrogen and oxygen atoms in total. The van der Waals surface area contributed by atoms with E-state index in [0.717, 1.165) is 28.2 Å². The molecule has 0 fully saturated rings. The van der Waals surface area contributed by atoms with Crippen LogP contribution in [0.25, 0.3) is 0 Å². The van der Waals surface area contributed by atoms with Crippen molar-refractivity contribution in [2.45, 2.75) is 19.4 Å². The summed E-state index contributed by atoms with van der Waals surface area (Å²) in [4.78, 5) is 17.5. The van der Waals surface area contributed by atoms with Crippen molar-refractivity contribution >= 4 is 40.4 Å². The van der Waals surface area contributed by atoms with Crippen molar-refractivity contribution in [2.75, 3.05) is 22.1 Å². The Balaban J connectivity index is 1.56. The quantitative estimate of drug-likeness (QED) is 0.363. The number of fused-ring (bicyclic) bond motifs is 1. The maximum atomic E-state index is 6.19. The smallest absolute Gasteiger partial charge is 0.224 e. The molecule has 0 aliphatic carbocycles. The summed E-state index contributed by atoms with van der Waals surface area (Å²) in [5.74, 6) is 0.897. The number of aromatic nitrogens is 3. The second kappa shape index (κ2) is 8.58. The molecule has 0 saturated heterocycles. The van der Waals surface area contributed by atoms with Gasteiger partial charge in [0.2, 0.25) is 5.95 Å². The first kappa shape index (κ1) is 20.4. The standard InChI is InChI=1S/C25H24N8/c1-15-5-7-16(8-6-15)20-14-21(30-22-23(26)32-25(27)33-24(22)31-20)17-3-2-4-19(13-17)29-18-9-11-28-12-10-18/h2-13,20H,14H2,1H3,(H,28,29)(H5,26,27,31,32,33). The summed E-state index contributed by atoms with van der Waals surface area (Å²) in [5, 5.41) is 6.89. The predicted molar refractivity (Wildman–Crippen MR) is 133 cm³/mol. The fraction of sp³-hybridized carbons (Fsp3) is 0.120. The zero-order valence-electron chi connectivity index (χ0n) is 18.2. The summed E-state index contributed by atoms with van der Waals surface area (Å²) >= 11 is 0. The first-order valence-corrected chi connectivity index (χ1v) is 10.7. The highest BCUT2D eigenvalue weighted by Gasteiger charge is 2.24. The topological polar surface area (TPSA) is 127 Å². The Morgan fingerprint density at radius 3 is 2.52 bits per heavy atom. The summed E-state index contributed by atoms with van der Waals surface area (Å²) in [6.45, 7) is 2.07. The molecule has 1 unspecified atom stereocenters. The zero-order chi connectivity index (χ0) is 22.8. The minimum atomic E-state index is -0.0592. The summed E-state index contributed by atoms with van der Waals surface area (Å²) in [7, 11) is 0. The SMILES string of the molecule is Cc1ccc(C2CC(c3cccc(Nc4ccncc4)c3)=Nc3c(N)nc(N)nc3N2)cc1. The van der Waals surface area contributed by atoms with Gasteiger partial charge in [0.05, 0.1) is 11.8 Å². The highest BCUT2D eigenvalue weighted by molar-refractivity contribution is 6.05. The molecule has 0 amide bonds. The number of nitrogens with two attached hydrogens (primary N) is 2. The third kappa shape index (κ3) is 4.45.